The van der Waals surface area contributed by atoms with E-state index < -0.39 is 6.10 Å². The Labute approximate surface area is 161 Å². The Balaban J connectivity index is 1.35. The number of pyridine rings is 1. The van der Waals surface area contributed by atoms with Crippen molar-refractivity contribution < 1.29 is 5.11 Å². The van der Waals surface area contributed by atoms with Crippen molar-refractivity contribution in [2.75, 3.05) is 19.6 Å². The number of aryl methyl sites for hydroxylation is 1. The summed E-state index contributed by atoms with van der Waals surface area (Å²) in [5.41, 5.74) is 4.89. The van der Waals surface area contributed by atoms with E-state index in [9.17, 15) is 5.11 Å². The number of rotatable bonds is 3. The Morgan fingerprint density at radius 2 is 1.92 bits per heavy atom. The lowest BCUT2D eigenvalue weighted by atomic mass is 9.83. The fourth-order valence-corrected chi connectivity index (χ4v) is 4.89. The van der Waals surface area contributed by atoms with Crippen molar-refractivity contribution in [3.63, 3.8) is 0 Å². The van der Waals surface area contributed by atoms with Crippen LogP contribution in [0.5, 0.6) is 0 Å². The minimum Gasteiger partial charge on any atom is -0.387 e. The van der Waals surface area contributed by atoms with Crippen LogP contribution >= 0.6 is 11.6 Å². The van der Waals surface area contributed by atoms with E-state index in [1.54, 1.807) is 0 Å². The van der Waals surface area contributed by atoms with Gasteiger partial charge in [-0.05, 0) is 80.3 Å². The van der Waals surface area contributed by atoms with Crippen LogP contribution in [0.1, 0.15) is 53.7 Å². The topological polar surface area (TPSA) is 36.4 Å². The molecular weight excluding hydrogens is 344 g/mol. The third-order valence-corrected chi connectivity index (χ3v) is 6.30. The molecule has 4 rings (SSSR count). The van der Waals surface area contributed by atoms with E-state index in [1.807, 2.05) is 12.1 Å². The second-order valence-electron chi connectivity index (χ2n) is 7.93. The lowest BCUT2D eigenvalue weighted by Gasteiger charge is -2.37. The Morgan fingerprint density at radius 1 is 1.15 bits per heavy atom. The highest BCUT2D eigenvalue weighted by Crippen LogP contribution is 2.35. The Hall–Kier alpha value is -1.42. The zero-order valence-corrected chi connectivity index (χ0v) is 16.1. The van der Waals surface area contributed by atoms with Crippen molar-refractivity contribution in [3.05, 3.63) is 63.9 Å². The molecule has 138 valence electrons. The van der Waals surface area contributed by atoms with Gasteiger partial charge >= 0.3 is 0 Å². The van der Waals surface area contributed by atoms with Crippen molar-refractivity contribution in [3.8, 4) is 0 Å². The van der Waals surface area contributed by atoms with Gasteiger partial charge in [-0.3, -0.25) is 0 Å². The molecule has 0 radical (unpaired) electrons. The quantitative estimate of drug-likeness (QED) is 0.807. The summed E-state index contributed by atoms with van der Waals surface area (Å²) in [6.07, 6.45) is 3.76. The van der Waals surface area contributed by atoms with Gasteiger partial charge in [0.2, 0.25) is 0 Å². The highest BCUT2D eigenvalue weighted by Gasteiger charge is 2.30. The van der Waals surface area contributed by atoms with Crippen LogP contribution < -0.4 is 0 Å². The second-order valence-corrected chi connectivity index (χ2v) is 8.32. The monoisotopic (exact) mass is 370 g/mol. The molecule has 1 aliphatic carbocycles. The molecule has 2 aliphatic rings. The number of benzene rings is 1. The summed E-state index contributed by atoms with van der Waals surface area (Å²) in [6.45, 7) is 5.59. The van der Waals surface area contributed by atoms with Crippen molar-refractivity contribution in [1.29, 1.82) is 0 Å². The van der Waals surface area contributed by atoms with E-state index in [1.165, 1.54) is 24.0 Å². The third-order valence-electron chi connectivity index (χ3n) is 6.09. The summed E-state index contributed by atoms with van der Waals surface area (Å²) < 4.78 is 0. The minimum atomic E-state index is -0.480. The number of fused-ring (bicyclic) bond motifs is 1. The highest BCUT2D eigenvalue weighted by atomic mass is 35.5. The molecule has 3 nitrogen and oxygen atoms in total. The van der Waals surface area contributed by atoms with Gasteiger partial charge in [-0.25, -0.2) is 4.98 Å². The zero-order valence-electron chi connectivity index (χ0n) is 15.4. The summed E-state index contributed by atoms with van der Waals surface area (Å²) in [5, 5.41) is 10.9. The van der Waals surface area contributed by atoms with Crippen LogP contribution in [0.2, 0.25) is 5.15 Å². The maximum atomic E-state index is 10.5. The number of likely N-dealkylation sites (tertiary alicyclic amines) is 1. The van der Waals surface area contributed by atoms with E-state index in [4.69, 9.17) is 11.6 Å². The molecule has 0 saturated carbocycles. The van der Waals surface area contributed by atoms with Crippen LogP contribution in [-0.2, 0) is 6.42 Å². The first kappa shape index (κ1) is 18.0. The van der Waals surface area contributed by atoms with E-state index in [-0.39, 0.29) is 0 Å². The molecular formula is C22H27ClN2O. The number of aromatic nitrogens is 1. The van der Waals surface area contributed by atoms with Gasteiger partial charge in [0, 0.05) is 6.54 Å². The predicted octanol–water partition coefficient (Wildman–Crippen LogP) is 4.52. The summed E-state index contributed by atoms with van der Waals surface area (Å²) in [6, 6.07) is 12.7. The molecule has 1 saturated heterocycles. The molecule has 1 fully saturated rings. The molecule has 0 amide bonds. The second kappa shape index (κ2) is 7.67. The molecule has 2 aromatic rings. The van der Waals surface area contributed by atoms with E-state index in [0.717, 1.165) is 43.7 Å². The number of hydrogen-bond donors (Lipinski definition) is 1. The molecule has 1 aromatic carbocycles. The van der Waals surface area contributed by atoms with Gasteiger partial charge in [-0.2, -0.15) is 0 Å². The molecule has 2 atom stereocenters. The number of nitrogens with zero attached hydrogens (tertiary/aromatic N) is 2. The van der Waals surface area contributed by atoms with Crippen LogP contribution in [0, 0.1) is 12.8 Å². The largest absolute Gasteiger partial charge is 0.387 e. The minimum absolute atomic E-state index is 0.472. The normalized spacial score (nSPS) is 24.4. The Bertz CT molecular complexity index is 770. The van der Waals surface area contributed by atoms with E-state index in [0.29, 0.717) is 17.0 Å². The lowest BCUT2D eigenvalue weighted by molar-refractivity contribution is 0.101. The Kier molecular flexibility index (Phi) is 5.30. The smallest absolute Gasteiger partial charge is 0.129 e. The Morgan fingerprint density at radius 3 is 2.69 bits per heavy atom. The van der Waals surface area contributed by atoms with Gasteiger partial charge < -0.3 is 10.0 Å². The van der Waals surface area contributed by atoms with Crippen molar-refractivity contribution in [2.45, 2.75) is 44.6 Å². The van der Waals surface area contributed by atoms with Gasteiger partial charge in [-0.1, -0.05) is 41.9 Å². The fraction of sp³-hybridized carbons (Fsp3) is 0.500. The number of hydrogen-bond acceptors (Lipinski definition) is 3. The fourth-order valence-electron chi connectivity index (χ4n) is 4.74. The van der Waals surface area contributed by atoms with Crippen LogP contribution in [0.3, 0.4) is 0 Å². The molecule has 2 heterocycles. The van der Waals surface area contributed by atoms with Gasteiger partial charge in [0.15, 0.2) is 0 Å². The van der Waals surface area contributed by atoms with Crippen LogP contribution in [0.25, 0.3) is 0 Å². The zero-order chi connectivity index (χ0) is 18.1. The number of aliphatic hydroxyl groups excluding tert-OH is 1. The average molecular weight is 371 g/mol. The molecule has 1 N–H and O–H groups in total. The molecule has 0 bridgehead atoms. The lowest BCUT2D eigenvalue weighted by Crippen LogP contribution is -2.38. The number of halogens is 1. The van der Waals surface area contributed by atoms with Crippen LogP contribution in [0.4, 0.5) is 0 Å². The molecule has 1 aromatic heterocycles. The van der Waals surface area contributed by atoms with Crippen LogP contribution in [-0.4, -0.2) is 34.6 Å². The van der Waals surface area contributed by atoms with Crippen molar-refractivity contribution in [2.24, 2.45) is 5.92 Å². The van der Waals surface area contributed by atoms with Gasteiger partial charge in [0.1, 0.15) is 5.15 Å². The van der Waals surface area contributed by atoms with Crippen molar-refractivity contribution >= 4 is 11.6 Å². The van der Waals surface area contributed by atoms with Crippen molar-refractivity contribution in [1.82, 2.24) is 9.88 Å². The first-order valence-electron chi connectivity index (χ1n) is 9.71. The first-order valence-corrected chi connectivity index (χ1v) is 10.1. The summed E-state index contributed by atoms with van der Waals surface area (Å²) >= 11 is 5.98. The number of aliphatic hydroxyl groups is 1. The first-order chi connectivity index (χ1) is 12.6. The van der Waals surface area contributed by atoms with Crippen LogP contribution in [0.15, 0.2) is 36.4 Å². The molecule has 1 aliphatic heterocycles. The maximum Gasteiger partial charge on any atom is 0.129 e. The highest BCUT2D eigenvalue weighted by molar-refractivity contribution is 6.29. The summed E-state index contributed by atoms with van der Waals surface area (Å²) in [7, 11) is 0. The molecule has 1 unspecified atom stereocenters. The third kappa shape index (κ3) is 3.80. The molecule has 4 heteroatoms. The molecule has 26 heavy (non-hydrogen) atoms. The predicted molar refractivity (Wildman–Crippen MR) is 106 cm³/mol. The van der Waals surface area contributed by atoms with Gasteiger partial charge in [-0.15, -0.1) is 0 Å². The maximum absolute atomic E-state index is 10.5. The molecule has 0 spiro atoms. The summed E-state index contributed by atoms with van der Waals surface area (Å²) in [5.74, 6) is 1.19. The van der Waals surface area contributed by atoms with Gasteiger partial charge in [0.25, 0.3) is 0 Å². The summed E-state index contributed by atoms with van der Waals surface area (Å²) in [4.78, 5) is 6.91. The number of piperidine rings is 1. The van der Waals surface area contributed by atoms with E-state index in [2.05, 4.69) is 41.1 Å². The van der Waals surface area contributed by atoms with E-state index >= 15 is 0 Å². The standard InChI is InChI=1S/C22H27ClN2O/c1-15-4-2-3-5-19(15)17-8-10-25(11-9-17)14-16-12-18-6-7-21(23)24-22(18)20(26)13-16/h2-7,16-17,20,26H,8-14H2,1H3/t16?,20-/m0/s1. The SMILES string of the molecule is Cc1ccccc1C1CCN(CC2Cc3ccc(Cl)nc3[C@@H](O)C2)CC1. The average Bonchev–Trinajstić information content (AvgIpc) is 2.64. The van der Waals surface area contributed by atoms with Gasteiger partial charge in [0.05, 0.1) is 11.8 Å².